The normalized spacial score (nSPS) is 18.5. The zero-order valence-electron chi connectivity index (χ0n) is 19.0. The van der Waals surface area contributed by atoms with Crippen LogP contribution >= 0.6 is 0 Å². The fraction of sp³-hybridized carbons (Fsp3) is 0.435. The topological polar surface area (TPSA) is 111 Å². The van der Waals surface area contributed by atoms with Gasteiger partial charge in [-0.2, -0.15) is 0 Å². The molecule has 174 valence electrons. The van der Waals surface area contributed by atoms with Gasteiger partial charge >= 0.3 is 0 Å². The Bertz CT molecular complexity index is 1080. The van der Waals surface area contributed by atoms with Crippen LogP contribution in [-0.4, -0.2) is 88.8 Å². The first-order valence-electron chi connectivity index (χ1n) is 11.2. The van der Waals surface area contributed by atoms with Crippen LogP contribution in [0.15, 0.2) is 41.2 Å². The van der Waals surface area contributed by atoms with Crippen LogP contribution in [0.5, 0.6) is 0 Å². The molecule has 0 radical (unpaired) electrons. The molecule has 2 saturated heterocycles. The highest BCUT2D eigenvalue weighted by Crippen LogP contribution is 2.24. The third-order valence-corrected chi connectivity index (χ3v) is 5.95. The highest BCUT2D eigenvalue weighted by Gasteiger charge is 2.22. The predicted octanol–water partition coefficient (Wildman–Crippen LogP) is 2.30. The molecule has 10 nitrogen and oxygen atoms in total. The molecule has 10 heteroatoms. The van der Waals surface area contributed by atoms with Crippen molar-refractivity contribution >= 4 is 41.1 Å². The first-order valence-corrected chi connectivity index (χ1v) is 11.2. The van der Waals surface area contributed by atoms with E-state index in [-0.39, 0.29) is 11.9 Å². The molecule has 0 bridgehead atoms. The van der Waals surface area contributed by atoms with E-state index in [2.05, 4.69) is 43.5 Å². The number of hydrogen-bond donors (Lipinski definition) is 2. The molecule has 0 spiro atoms. The lowest BCUT2D eigenvalue weighted by Gasteiger charge is -2.31. The minimum Gasteiger partial charge on any atom is -0.378 e. The minimum atomic E-state index is -0.0139. The number of hydrogen-bond acceptors (Lipinski definition) is 6. The Morgan fingerprint density at radius 3 is 2.73 bits per heavy atom. The molecular formula is C23H30N8O2. The first-order chi connectivity index (χ1) is 16.1. The number of fused-ring (bicyclic) bond motifs is 1. The Balaban J connectivity index is 1.48. The predicted molar refractivity (Wildman–Crippen MR) is 130 cm³/mol. The van der Waals surface area contributed by atoms with Gasteiger partial charge in [0, 0.05) is 50.2 Å². The molecule has 0 saturated carbocycles. The summed E-state index contributed by atoms with van der Waals surface area (Å²) in [5.41, 5.74) is 3.37. The Morgan fingerprint density at radius 2 is 2.03 bits per heavy atom. The zero-order valence-corrected chi connectivity index (χ0v) is 19.0. The number of guanidine groups is 1. The molecule has 4 rings (SSSR count). The van der Waals surface area contributed by atoms with Crippen molar-refractivity contribution in [2.24, 2.45) is 9.98 Å². The number of aromatic nitrogens is 3. The van der Waals surface area contributed by atoms with Crippen LogP contribution in [0.1, 0.15) is 25.3 Å². The molecule has 2 aromatic heterocycles. The number of likely N-dealkylation sites (tertiary alicyclic amines) is 1. The van der Waals surface area contributed by atoms with Crippen LogP contribution in [0, 0.1) is 0 Å². The summed E-state index contributed by atoms with van der Waals surface area (Å²) < 4.78 is 5.39. The summed E-state index contributed by atoms with van der Waals surface area (Å²) in [6.07, 6.45) is 8.49. The summed E-state index contributed by atoms with van der Waals surface area (Å²) in [5.74, 6) is 1.29. The van der Waals surface area contributed by atoms with E-state index in [1.54, 1.807) is 12.4 Å². The third kappa shape index (κ3) is 5.28. The number of allylic oxidation sites excluding steroid dienone is 1. The van der Waals surface area contributed by atoms with Crippen LogP contribution in [0.2, 0.25) is 0 Å². The van der Waals surface area contributed by atoms with Crippen LogP contribution in [0.4, 0.5) is 5.82 Å². The number of ether oxygens (including phenoxy) is 1. The first kappa shape index (κ1) is 22.7. The lowest BCUT2D eigenvalue weighted by molar-refractivity contribution is -0.126. The number of carbonyl (C=O) groups is 1. The average molecular weight is 451 g/mol. The smallest absolute Gasteiger partial charge is 0.245 e. The van der Waals surface area contributed by atoms with Gasteiger partial charge in [0.25, 0.3) is 0 Å². The maximum absolute atomic E-state index is 11.8. The van der Waals surface area contributed by atoms with Crippen molar-refractivity contribution in [1.82, 2.24) is 24.8 Å². The standard InChI is InChI=1S/C23H30N8O2/c1-4-20(32)30-7-5-17(6-8-30)28-19-15-26-22-21(29-19)18(14-25-22)16(2)13-27-23(24-3)31-9-11-33-12-10-31/h4,13-15,17H,1,3,5-12H2,2H3,(H,25,26)(H,28,29)/b16-13+,27-23+. The average Bonchev–Trinajstić information content (AvgIpc) is 3.28. The van der Waals surface area contributed by atoms with E-state index in [9.17, 15) is 4.79 Å². The van der Waals surface area contributed by atoms with Crippen LogP contribution < -0.4 is 5.32 Å². The summed E-state index contributed by atoms with van der Waals surface area (Å²) >= 11 is 0. The van der Waals surface area contributed by atoms with Crippen molar-refractivity contribution in [2.45, 2.75) is 25.8 Å². The highest BCUT2D eigenvalue weighted by atomic mass is 16.5. The summed E-state index contributed by atoms with van der Waals surface area (Å²) in [6.45, 7) is 13.4. The van der Waals surface area contributed by atoms with E-state index in [0.29, 0.717) is 37.9 Å². The SMILES string of the molecule is C=CC(=O)N1CCC(Nc2cnc3[nH]cc(/C(C)=C/N=C(\N=C)N4CCOCC4)c3n2)CC1. The van der Waals surface area contributed by atoms with Crippen LogP contribution in [0.25, 0.3) is 16.7 Å². The number of morpholine rings is 1. The van der Waals surface area contributed by atoms with Gasteiger partial charge in [-0.1, -0.05) is 6.58 Å². The summed E-state index contributed by atoms with van der Waals surface area (Å²) in [5, 5.41) is 3.47. The van der Waals surface area contributed by atoms with Gasteiger partial charge < -0.3 is 24.8 Å². The van der Waals surface area contributed by atoms with Crippen molar-refractivity contribution in [2.75, 3.05) is 44.7 Å². The van der Waals surface area contributed by atoms with Crippen LogP contribution in [0.3, 0.4) is 0 Å². The Labute approximate surface area is 193 Å². The number of carbonyl (C=O) groups excluding carboxylic acids is 1. The van der Waals surface area contributed by atoms with Crippen molar-refractivity contribution < 1.29 is 9.53 Å². The molecule has 0 atom stereocenters. The number of aromatic amines is 1. The number of piperidine rings is 1. The van der Waals surface area contributed by atoms with Crippen molar-refractivity contribution in [3.63, 3.8) is 0 Å². The van der Waals surface area contributed by atoms with E-state index in [1.165, 1.54) is 6.08 Å². The maximum Gasteiger partial charge on any atom is 0.245 e. The van der Waals surface area contributed by atoms with Gasteiger partial charge in [0.2, 0.25) is 11.9 Å². The summed E-state index contributed by atoms with van der Waals surface area (Å²) in [7, 11) is 0. The molecule has 0 unspecified atom stereocenters. The molecule has 4 heterocycles. The molecule has 2 aliphatic rings. The van der Waals surface area contributed by atoms with E-state index >= 15 is 0 Å². The van der Waals surface area contributed by atoms with Gasteiger partial charge in [-0.05, 0) is 38.1 Å². The lowest BCUT2D eigenvalue weighted by Crippen LogP contribution is -2.41. The third-order valence-electron chi connectivity index (χ3n) is 5.95. The lowest BCUT2D eigenvalue weighted by atomic mass is 10.1. The van der Waals surface area contributed by atoms with E-state index < -0.39 is 0 Å². The Hall–Kier alpha value is -3.53. The maximum atomic E-state index is 11.8. The molecule has 2 fully saturated rings. The second-order valence-corrected chi connectivity index (χ2v) is 8.10. The van der Waals surface area contributed by atoms with E-state index in [0.717, 1.165) is 48.4 Å². The minimum absolute atomic E-state index is 0.0139. The second kappa shape index (κ2) is 10.4. The molecule has 2 aromatic rings. The number of nitrogens with zero attached hydrogens (tertiary/aromatic N) is 6. The van der Waals surface area contributed by atoms with Crippen molar-refractivity contribution in [3.05, 3.63) is 36.8 Å². The molecule has 0 aliphatic carbocycles. The second-order valence-electron chi connectivity index (χ2n) is 8.10. The Morgan fingerprint density at radius 1 is 1.27 bits per heavy atom. The molecule has 2 N–H and O–H groups in total. The molecule has 1 amide bonds. The monoisotopic (exact) mass is 450 g/mol. The molecule has 2 aliphatic heterocycles. The summed E-state index contributed by atoms with van der Waals surface area (Å²) in [4.78, 5) is 36.8. The molecule has 33 heavy (non-hydrogen) atoms. The van der Waals surface area contributed by atoms with Gasteiger partial charge in [-0.3, -0.25) is 4.79 Å². The highest BCUT2D eigenvalue weighted by molar-refractivity contribution is 5.89. The van der Waals surface area contributed by atoms with Gasteiger partial charge in [0.15, 0.2) is 5.65 Å². The van der Waals surface area contributed by atoms with Gasteiger partial charge in [-0.15, -0.1) is 0 Å². The van der Waals surface area contributed by atoms with E-state index in [1.807, 2.05) is 18.0 Å². The number of rotatable bonds is 5. The van der Waals surface area contributed by atoms with Crippen LogP contribution in [-0.2, 0) is 9.53 Å². The van der Waals surface area contributed by atoms with Gasteiger partial charge in [-0.25, -0.2) is 20.0 Å². The molecular weight excluding hydrogens is 420 g/mol. The number of H-pyrrole nitrogens is 1. The zero-order chi connectivity index (χ0) is 23.2. The number of nitrogens with one attached hydrogen (secondary N) is 2. The summed E-state index contributed by atoms with van der Waals surface area (Å²) in [6, 6.07) is 0.240. The molecule has 0 aromatic carbocycles. The fourth-order valence-electron chi connectivity index (χ4n) is 4.05. The van der Waals surface area contributed by atoms with Gasteiger partial charge in [0.05, 0.1) is 19.4 Å². The number of amides is 1. The van der Waals surface area contributed by atoms with Crippen molar-refractivity contribution in [1.29, 1.82) is 0 Å². The van der Waals surface area contributed by atoms with Crippen molar-refractivity contribution in [3.8, 4) is 0 Å². The number of aliphatic imine (C=N–C) groups is 2. The largest absolute Gasteiger partial charge is 0.378 e. The quantitative estimate of drug-likeness (QED) is 0.411. The Kier molecular flexibility index (Phi) is 7.13. The fourth-order valence-corrected chi connectivity index (χ4v) is 4.05. The van der Waals surface area contributed by atoms with E-state index in [4.69, 9.17) is 9.72 Å². The van der Waals surface area contributed by atoms with Gasteiger partial charge in [0.1, 0.15) is 11.3 Å². The number of anilines is 1.